The zero-order chi connectivity index (χ0) is 19.1. The molecule has 0 spiro atoms. The molecule has 0 fully saturated rings. The number of hydrogen-bond acceptors (Lipinski definition) is 3. The van der Waals surface area contributed by atoms with Crippen LogP contribution in [0.15, 0.2) is 46.9 Å². The molecule has 0 aliphatic rings. The van der Waals surface area contributed by atoms with Crippen molar-refractivity contribution in [2.24, 2.45) is 0 Å². The van der Waals surface area contributed by atoms with Crippen molar-refractivity contribution >= 4 is 33.4 Å². The molecule has 2 aromatic rings. The highest BCUT2D eigenvalue weighted by molar-refractivity contribution is 9.10. The van der Waals surface area contributed by atoms with Crippen molar-refractivity contribution in [2.45, 2.75) is 20.8 Å². The fourth-order valence-electron chi connectivity index (χ4n) is 2.55. The Kier molecular flexibility index (Phi) is 7.21. The lowest BCUT2D eigenvalue weighted by atomic mass is 10.1. The van der Waals surface area contributed by atoms with Gasteiger partial charge in [0.2, 0.25) is 0 Å². The van der Waals surface area contributed by atoms with E-state index in [9.17, 15) is 9.59 Å². The molecule has 6 heteroatoms. The summed E-state index contributed by atoms with van der Waals surface area (Å²) in [5.41, 5.74) is 1.67. The van der Waals surface area contributed by atoms with Gasteiger partial charge in [0, 0.05) is 28.8 Å². The number of carbonyl (C=O) groups is 2. The summed E-state index contributed by atoms with van der Waals surface area (Å²) in [6.45, 7) is 7.57. The molecule has 0 bridgehead atoms. The Hall–Kier alpha value is -2.34. The highest BCUT2D eigenvalue weighted by Crippen LogP contribution is 2.24. The quantitative estimate of drug-likeness (QED) is 0.715. The van der Waals surface area contributed by atoms with Gasteiger partial charge >= 0.3 is 0 Å². The molecule has 5 nitrogen and oxygen atoms in total. The summed E-state index contributed by atoms with van der Waals surface area (Å²) in [6, 6.07) is 12.2. The summed E-state index contributed by atoms with van der Waals surface area (Å²) in [5, 5.41) is 2.84. The first kappa shape index (κ1) is 20.0. The number of halogens is 1. The van der Waals surface area contributed by atoms with E-state index in [-0.39, 0.29) is 11.8 Å². The fourth-order valence-corrected chi connectivity index (χ4v) is 2.91. The van der Waals surface area contributed by atoms with Gasteiger partial charge in [0.25, 0.3) is 11.8 Å². The largest absolute Gasteiger partial charge is 0.493 e. The Morgan fingerprint density at radius 1 is 1.04 bits per heavy atom. The molecular weight excluding hydrogens is 396 g/mol. The molecule has 2 aromatic carbocycles. The van der Waals surface area contributed by atoms with Gasteiger partial charge in [0.1, 0.15) is 5.75 Å². The average Bonchev–Trinajstić information content (AvgIpc) is 2.64. The zero-order valence-electron chi connectivity index (χ0n) is 15.2. The molecule has 0 unspecified atom stereocenters. The van der Waals surface area contributed by atoms with E-state index in [0.29, 0.717) is 42.3 Å². The van der Waals surface area contributed by atoms with Crippen molar-refractivity contribution in [3.05, 3.63) is 58.1 Å². The Labute approximate surface area is 162 Å². The minimum Gasteiger partial charge on any atom is -0.493 e. The van der Waals surface area contributed by atoms with E-state index < -0.39 is 0 Å². The topological polar surface area (TPSA) is 58.6 Å². The molecular formula is C20H23BrN2O3. The number of amides is 2. The third-order valence-corrected chi connectivity index (χ3v) is 4.42. The van der Waals surface area contributed by atoms with E-state index in [0.717, 1.165) is 4.47 Å². The second-order valence-corrected chi connectivity index (χ2v) is 6.50. The number of hydrogen-bond donors (Lipinski definition) is 1. The highest BCUT2D eigenvalue weighted by atomic mass is 79.9. The summed E-state index contributed by atoms with van der Waals surface area (Å²) < 4.78 is 6.32. The third kappa shape index (κ3) is 4.85. The van der Waals surface area contributed by atoms with Crippen molar-refractivity contribution in [3.63, 3.8) is 0 Å². The predicted octanol–water partition coefficient (Wildman–Crippen LogP) is 4.58. The van der Waals surface area contributed by atoms with Gasteiger partial charge < -0.3 is 15.0 Å². The lowest BCUT2D eigenvalue weighted by molar-refractivity contribution is 0.0773. The fraction of sp³-hybridized carbons (Fsp3) is 0.300. The molecule has 0 aromatic heterocycles. The van der Waals surface area contributed by atoms with Crippen LogP contribution < -0.4 is 10.1 Å². The molecule has 1 N–H and O–H groups in total. The van der Waals surface area contributed by atoms with Gasteiger partial charge in [-0.25, -0.2) is 0 Å². The predicted molar refractivity (Wildman–Crippen MR) is 107 cm³/mol. The van der Waals surface area contributed by atoms with Gasteiger partial charge in [0.05, 0.1) is 12.2 Å². The SMILES string of the molecule is CCOc1ccc(Br)cc1C(=O)Nc1ccc(C(=O)N(CC)CC)cc1. The monoisotopic (exact) mass is 418 g/mol. The first-order chi connectivity index (χ1) is 12.5. The van der Waals surface area contributed by atoms with Crippen LogP contribution in [-0.4, -0.2) is 36.4 Å². The Bertz CT molecular complexity index is 771. The van der Waals surface area contributed by atoms with Crippen LogP contribution in [0, 0.1) is 0 Å². The molecule has 26 heavy (non-hydrogen) atoms. The van der Waals surface area contributed by atoms with Crippen LogP contribution in [0.5, 0.6) is 5.75 Å². The zero-order valence-corrected chi connectivity index (χ0v) is 16.8. The first-order valence-electron chi connectivity index (χ1n) is 8.63. The standard InChI is InChI=1S/C20H23BrN2O3/c1-4-23(5-2)20(25)14-7-10-16(11-8-14)22-19(24)17-13-15(21)9-12-18(17)26-6-3/h7-13H,4-6H2,1-3H3,(H,22,24). The van der Waals surface area contributed by atoms with Gasteiger partial charge in [0.15, 0.2) is 0 Å². The van der Waals surface area contributed by atoms with E-state index in [1.165, 1.54) is 0 Å². The maximum absolute atomic E-state index is 12.6. The molecule has 0 aliphatic heterocycles. The summed E-state index contributed by atoms with van der Waals surface area (Å²) in [5.74, 6) is 0.248. The van der Waals surface area contributed by atoms with Crippen molar-refractivity contribution in [2.75, 3.05) is 25.0 Å². The van der Waals surface area contributed by atoms with Crippen molar-refractivity contribution in [1.29, 1.82) is 0 Å². The minimum absolute atomic E-state index is 0.0153. The van der Waals surface area contributed by atoms with E-state index in [4.69, 9.17) is 4.74 Å². The summed E-state index contributed by atoms with van der Waals surface area (Å²) in [6.07, 6.45) is 0. The van der Waals surface area contributed by atoms with Crippen LogP contribution in [0.1, 0.15) is 41.5 Å². The molecule has 0 aliphatic carbocycles. The molecule has 2 rings (SSSR count). The lowest BCUT2D eigenvalue weighted by Crippen LogP contribution is -2.30. The third-order valence-electron chi connectivity index (χ3n) is 3.93. The molecule has 0 saturated carbocycles. The molecule has 2 amide bonds. The summed E-state index contributed by atoms with van der Waals surface area (Å²) in [7, 11) is 0. The lowest BCUT2D eigenvalue weighted by Gasteiger charge is -2.18. The average molecular weight is 419 g/mol. The van der Waals surface area contributed by atoms with Crippen molar-refractivity contribution < 1.29 is 14.3 Å². The van der Waals surface area contributed by atoms with E-state index in [1.807, 2.05) is 26.8 Å². The number of nitrogens with one attached hydrogen (secondary N) is 1. The van der Waals surface area contributed by atoms with Crippen LogP contribution in [0.4, 0.5) is 5.69 Å². The Balaban J connectivity index is 2.15. The first-order valence-corrected chi connectivity index (χ1v) is 9.42. The molecule has 0 saturated heterocycles. The second kappa shape index (κ2) is 9.38. The normalized spacial score (nSPS) is 10.3. The smallest absolute Gasteiger partial charge is 0.259 e. The molecule has 138 valence electrons. The van der Waals surface area contributed by atoms with Crippen LogP contribution >= 0.6 is 15.9 Å². The Morgan fingerprint density at radius 2 is 1.69 bits per heavy atom. The van der Waals surface area contributed by atoms with Crippen LogP contribution in [-0.2, 0) is 0 Å². The van der Waals surface area contributed by atoms with Crippen LogP contribution in [0.25, 0.3) is 0 Å². The summed E-state index contributed by atoms with van der Waals surface area (Å²) >= 11 is 3.38. The number of rotatable bonds is 7. The second-order valence-electron chi connectivity index (χ2n) is 5.58. The molecule has 0 radical (unpaired) electrons. The van der Waals surface area contributed by atoms with Gasteiger partial charge in [-0.3, -0.25) is 9.59 Å². The van der Waals surface area contributed by atoms with Gasteiger partial charge in [-0.2, -0.15) is 0 Å². The molecule has 0 atom stereocenters. The highest BCUT2D eigenvalue weighted by Gasteiger charge is 2.15. The number of anilines is 1. The van der Waals surface area contributed by atoms with Gasteiger partial charge in [-0.1, -0.05) is 15.9 Å². The summed E-state index contributed by atoms with van der Waals surface area (Å²) in [4.78, 5) is 26.7. The van der Waals surface area contributed by atoms with Crippen LogP contribution in [0.2, 0.25) is 0 Å². The number of nitrogens with zero attached hydrogens (tertiary/aromatic N) is 1. The number of benzene rings is 2. The van der Waals surface area contributed by atoms with Gasteiger partial charge in [-0.05, 0) is 63.2 Å². The molecule has 0 heterocycles. The Morgan fingerprint density at radius 3 is 2.27 bits per heavy atom. The maximum atomic E-state index is 12.6. The maximum Gasteiger partial charge on any atom is 0.259 e. The number of carbonyl (C=O) groups excluding carboxylic acids is 2. The van der Waals surface area contributed by atoms with E-state index in [1.54, 1.807) is 41.3 Å². The van der Waals surface area contributed by atoms with Crippen LogP contribution in [0.3, 0.4) is 0 Å². The van der Waals surface area contributed by atoms with Crippen molar-refractivity contribution in [3.8, 4) is 5.75 Å². The minimum atomic E-state index is -0.266. The van der Waals surface area contributed by atoms with Gasteiger partial charge in [-0.15, -0.1) is 0 Å². The van der Waals surface area contributed by atoms with Crippen molar-refractivity contribution in [1.82, 2.24) is 4.90 Å². The van der Waals surface area contributed by atoms with E-state index >= 15 is 0 Å². The van der Waals surface area contributed by atoms with E-state index in [2.05, 4.69) is 21.2 Å². The number of ether oxygens (including phenoxy) is 1.